The Morgan fingerprint density at radius 1 is 1.35 bits per heavy atom. The Bertz CT molecular complexity index is 596. The Morgan fingerprint density at radius 3 is 2.59 bits per heavy atom. The Balaban J connectivity index is 2.80. The summed E-state index contributed by atoms with van der Waals surface area (Å²) >= 11 is 3.36. The number of carbonyl (C=O) groups excluding carboxylic acids is 1. The molecule has 2 rings (SSSR count). The maximum Gasteiger partial charge on any atom is 0.178 e. The van der Waals surface area contributed by atoms with Crippen LogP contribution in [0.5, 0.6) is 0 Å². The lowest BCUT2D eigenvalue weighted by Gasteiger charge is -2.03. The predicted molar refractivity (Wildman–Crippen MR) is 75.1 cm³/mol. The normalized spacial score (nSPS) is 13.0. The smallest absolute Gasteiger partial charge is 0.178 e. The van der Waals surface area contributed by atoms with Gasteiger partial charge in [0.2, 0.25) is 0 Å². The van der Waals surface area contributed by atoms with Gasteiger partial charge in [0, 0.05) is 29.2 Å². The quantitative estimate of drug-likeness (QED) is 0.610. The van der Waals surface area contributed by atoms with E-state index >= 15 is 0 Å². The first-order valence-corrected chi connectivity index (χ1v) is 6.59. The molecule has 0 radical (unpaired) electrons. The lowest BCUT2D eigenvalue weighted by atomic mass is 10.0. The van der Waals surface area contributed by atoms with Crippen molar-refractivity contribution in [2.24, 2.45) is 7.05 Å². The molecule has 0 spiro atoms. The number of hydrogen-bond donors (Lipinski definition) is 0. The summed E-state index contributed by atoms with van der Waals surface area (Å²) in [5.41, 5.74) is 4.21. The lowest BCUT2D eigenvalue weighted by molar-refractivity contribution is 0.0996. The van der Waals surface area contributed by atoms with Gasteiger partial charge in [0.05, 0.1) is 4.83 Å². The number of alkyl halides is 1. The summed E-state index contributed by atoms with van der Waals surface area (Å²) < 4.78 is 2.09. The SMILES string of the molecule is Cc1ccc2c(C(=O)C(C)Br)c(C)n(C)c2c1. The molecule has 0 saturated carbocycles. The average molecular weight is 294 g/mol. The zero-order chi connectivity index (χ0) is 12.7. The number of fused-ring (bicyclic) bond motifs is 1. The molecule has 2 nitrogen and oxygen atoms in total. The summed E-state index contributed by atoms with van der Waals surface area (Å²) in [7, 11) is 2.01. The molecule has 1 aromatic heterocycles. The molecule has 0 aliphatic heterocycles. The van der Waals surface area contributed by atoms with Crippen LogP contribution in [0.1, 0.15) is 28.5 Å². The first kappa shape index (κ1) is 12.4. The Hall–Kier alpha value is -1.09. The van der Waals surface area contributed by atoms with E-state index in [0.717, 1.165) is 22.2 Å². The zero-order valence-electron chi connectivity index (χ0n) is 10.5. The molecule has 0 amide bonds. The third kappa shape index (κ3) is 1.93. The van der Waals surface area contributed by atoms with Gasteiger partial charge >= 0.3 is 0 Å². The zero-order valence-corrected chi connectivity index (χ0v) is 12.1. The van der Waals surface area contributed by atoms with Crippen LogP contribution in [0.15, 0.2) is 18.2 Å². The van der Waals surface area contributed by atoms with Crippen molar-refractivity contribution in [2.45, 2.75) is 25.6 Å². The van der Waals surface area contributed by atoms with E-state index in [2.05, 4.69) is 39.6 Å². The van der Waals surface area contributed by atoms with Crippen molar-refractivity contribution in [3.8, 4) is 0 Å². The van der Waals surface area contributed by atoms with Gasteiger partial charge in [0.15, 0.2) is 5.78 Å². The van der Waals surface area contributed by atoms with Crippen LogP contribution in [-0.4, -0.2) is 15.2 Å². The van der Waals surface area contributed by atoms with Crippen molar-refractivity contribution in [3.63, 3.8) is 0 Å². The Kier molecular flexibility index (Phi) is 3.13. The van der Waals surface area contributed by atoms with Crippen LogP contribution in [0.4, 0.5) is 0 Å². The van der Waals surface area contributed by atoms with E-state index in [0.29, 0.717) is 0 Å². The van der Waals surface area contributed by atoms with Crippen LogP contribution in [0.2, 0.25) is 0 Å². The van der Waals surface area contributed by atoms with Gasteiger partial charge in [0.25, 0.3) is 0 Å². The third-order valence-electron chi connectivity index (χ3n) is 3.26. The van der Waals surface area contributed by atoms with Crippen molar-refractivity contribution in [1.82, 2.24) is 4.57 Å². The standard InChI is InChI=1S/C14H16BrNO/c1-8-5-6-11-12(7-8)16(4)10(3)13(11)14(17)9(2)15/h5-7,9H,1-4H3. The third-order valence-corrected chi connectivity index (χ3v) is 3.67. The number of benzene rings is 1. The van der Waals surface area contributed by atoms with Crippen LogP contribution in [0.25, 0.3) is 10.9 Å². The largest absolute Gasteiger partial charge is 0.347 e. The first-order chi connectivity index (χ1) is 7.93. The van der Waals surface area contributed by atoms with Crippen molar-refractivity contribution < 1.29 is 4.79 Å². The second-order valence-electron chi connectivity index (χ2n) is 4.52. The van der Waals surface area contributed by atoms with Gasteiger partial charge in [-0.2, -0.15) is 0 Å². The van der Waals surface area contributed by atoms with Gasteiger partial charge in [-0.15, -0.1) is 0 Å². The molecule has 2 aromatic rings. The number of ketones is 1. The van der Waals surface area contributed by atoms with E-state index in [4.69, 9.17) is 0 Å². The van der Waals surface area contributed by atoms with E-state index in [9.17, 15) is 4.79 Å². The van der Waals surface area contributed by atoms with Gasteiger partial charge < -0.3 is 4.57 Å². The number of nitrogens with zero attached hydrogens (tertiary/aromatic N) is 1. The predicted octanol–water partition coefficient (Wildman–Crippen LogP) is 3.76. The number of aromatic nitrogens is 1. The summed E-state index contributed by atoms with van der Waals surface area (Å²) in [5, 5.41) is 1.05. The fourth-order valence-electron chi connectivity index (χ4n) is 2.18. The highest BCUT2D eigenvalue weighted by molar-refractivity contribution is 9.10. The van der Waals surface area contributed by atoms with Crippen molar-refractivity contribution in [2.75, 3.05) is 0 Å². The van der Waals surface area contributed by atoms with Crippen molar-refractivity contribution in [1.29, 1.82) is 0 Å². The summed E-state index contributed by atoms with van der Waals surface area (Å²) in [4.78, 5) is 12.1. The summed E-state index contributed by atoms with van der Waals surface area (Å²) in [6, 6.07) is 6.22. The van der Waals surface area contributed by atoms with Crippen LogP contribution in [0.3, 0.4) is 0 Å². The maximum atomic E-state index is 12.2. The molecule has 1 heterocycles. The molecule has 1 unspecified atom stereocenters. The van der Waals surface area contributed by atoms with Gasteiger partial charge in [-0.1, -0.05) is 28.1 Å². The molecule has 1 aromatic carbocycles. The monoisotopic (exact) mass is 293 g/mol. The molecule has 0 N–H and O–H groups in total. The van der Waals surface area contributed by atoms with E-state index in [1.54, 1.807) is 0 Å². The van der Waals surface area contributed by atoms with Gasteiger partial charge in [-0.25, -0.2) is 0 Å². The molecular weight excluding hydrogens is 278 g/mol. The van der Waals surface area contributed by atoms with Crippen LogP contribution in [0, 0.1) is 13.8 Å². The summed E-state index contributed by atoms with van der Waals surface area (Å²) in [6.45, 7) is 5.93. The van der Waals surface area contributed by atoms with Crippen molar-refractivity contribution >= 4 is 32.6 Å². The molecule has 0 aliphatic rings. The van der Waals surface area contributed by atoms with E-state index in [1.165, 1.54) is 5.56 Å². The molecule has 0 saturated heterocycles. The highest BCUT2D eigenvalue weighted by atomic mass is 79.9. The fraction of sp³-hybridized carbons (Fsp3) is 0.357. The topological polar surface area (TPSA) is 22.0 Å². The molecule has 17 heavy (non-hydrogen) atoms. The maximum absolute atomic E-state index is 12.2. The van der Waals surface area contributed by atoms with E-state index < -0.39 is 0 Å². The van der Waals surface area contributed by atoms with Crippen LogP contribution in [-0.2, 0) is 7.05 Å². The van der Waals surface area contributed by atoms with Gasteiger partial charge in [-0.3, -0.25) is 4.79 Å². The Labute approximate surface area is 110 Å². The second-order valence-corrected chi connectivity index (χ2v) is 5.89. The van der Waals surface area contributed by atoms with Crippen LogP contribution >= 0.6 is 15.9 Å². The van der Waals surface area contributed by atoms with Gasteiger partial charge in [0.1, 0.15) is 0 Å². The minimum absolute atomic E-state index is 0.145. The second kappa shape index (κ2) is 4.30. The minimum atomic E-state index is -0.145. The number of Topliss-reactive ketones (excluding diaryl/α,β-unsaturated/α-hetero) is 1. The lowest BCUT2D eigenvalue weighted by Crippen LogP contribution is -2.11. The summed E-state index contributed by atoms with van der Waals surface area (Å²) in [5.74, 6) is 0.150. The first-order valence-electron chi connectivity index (χ1n) is 5.67. The number of hydrogen-bond acceptors (Lipinski definition) is 1. The molecule has 0 fully saturated rings. The van der Waals surface area contributed by atoms with Crippen molar-refractivity contribution in [3.05, 3.63) is 35.0 Å². The molecule has 0 aliphatic carbocycles. The number of aryl methyl sites for hydroxylation is 2. The molecule has 1 atom stereocenters. The number of rotatable bonds is 2. The number of halogens is 1. The highest BCUT2D eigenvalue weighted by Gasteiger charge is 2.21. The van der Waals surface area contributed by atoms with Crippen LogP contribution < -0.4 is 0 Å². The van der Waals surface area contributed by atoms with Gasteiger partial charge in [-0.05, 0) is 32.4 Å². The van der Waals surface area contributed by atoms with E-state index in [-0.39, 0.29) is 10.6 Å². The average Bonchev–Trinajstić information content (AvgIpc) is 2.51. The fourth-order valence-corrected chi connectivity index (χ4v) is 2.41. The number of carbonyl (C=O) groups is 1. The molecule has 0 bridgehead atoms. The molecule has 3 heteroatoms. The highest BCUT2D eigenvalue weighted by Crippen LogP contribution is 2.28. The summed E-state index contributed by atoms with van der Waals surface area (Å²) in [6.07, 6.45) is 0. The minimum Gasteiger partial charge on any atom is -0.347 e. The Morgan fingerprint density at radius 2 is 2.00 bits per heavy atom. The molecular formula is C14H16BrNO. The van der Waals surface area contributed by atoms with E-state index in [1.807, 2.05) is 27.0 Å². The molecule has 90 valence electrons.